The lowest BCUT2D eigenvalue weighted by atomic mass is 10.2. The van der Waals surface area contributed by atoms with Gasteiger partial charge in [-0.1, -0.05) is 0 Å². The molecule has 0 aliphatic rings. The van der Waals surface area contributed by atoms with Gasteiger partial charge in [-0.05, 0) is 19.4 Å². The molecule has 0 unspecified atom stereocenters. The maximum absolute atomic E-state index is 5.38. The molecule has 1 heterocycles. The van der Waals surface area contributed by atoms with Crippen molar-refractivity contribution in [1.82, 2.24) is 9.55 Å². The molecule has 2 N–H and O–H groups in total. The summed E-state index contributed by atoms with van der Waals surface area (Å²) in [5, 5.41) is 0. The molecule has 0 saturated heterocycles. The average Bonchev–Trinajstić information content (AvgIpc) is 2.37. The van der Waals surface area contributed by atoms with Gasteiger partial charge in [-0.2, -0.15) is 0 Å². The molecule has 3 nitrogen and oxygen atoms in total. The average molecular weight is 153 g/mol. The van der Waals surface area contributed by atoms with Crippen molar-refractivity contribution in [3.63, 3.8) is 0 Å². The zero-order chi connectivity index (χ0) is 8.10. The van der Waals surface area contributed by atoms with Gasteiger partial charge in [-0.15, -0.1) is 0 Å². The third kappa shape index (κ3) is 2.35. The van der Waals surface area contributed by atoms with Crippen molar-refractivity contribution < 1.29 is 0 Å². The van der Waals surface area contributed by atoms with Crippen LogP contribution in [0.3, 0.4) is 0 Å². The van der Waals surface area contributed by atoms with Crippen molar-refractivity contribution in [2.45, 2.75) is 19.3 Å². The molecular weight excluding hydrogens is 138 g/mol. The number of unbranched alkanes of at least 4 members (excludes halogenated alkanes) is 1. The molecule has 0 saturated carbocycles. The summed E-state index contributed by atoms with van der Waals surface area (Å²) in [6.07, 6.45) is 7.07. The van der Waals surface area contributed by atoms with Gasteiger partial charge in [-0.3, -0.25) is 0 Å². The van der Waals surface area contributed by atoms with Crippen LogP contribution in [0.2, 0.25) is 0 Å². The Balaban J connectivity index is 2.32. The molecule has 1 rings (SSSR count). The predicted octanol–water partition coefficient (Wildman–Crippen LogP) is 0.702. The summed E-state index contributed by atoms with van der Waals surface area (Å²) in [7, 11) is 2.02. The highest BCUT2D eigenvalue weighted by molar-refractivity contribution is 4.90. The lowest BCUT2D eigenvalue weighted by Gasteiger charge is -1.99. The van der Waals surface area contributed by atoms with Crippen LogP contribution >= 0.6 is 0 Å². The Labute approximate surface area is 67.2 Å². The van der Waals surface area contributed by atoms with E-state index < -0.39 is 0 Å². The minimum Gasteiger partial charge on any atom is -0.338 e. The highest BCUT2D eigenvalue weighted by Crippen LogP contribution is 2.00. The van der Waals surface area contributed by atoms with E-state index in [1.165, 1.54) is 0 Å². The molecule has 0 atom stereocenters. The molecule has 1 aromatic rings. The summed E-state index contributed by atoms with van der Waals surface area (Å²) in [6, 6.07) is 0. The van der Waals surface area contributed by atoms with E-state index >= 15 is 0 Å². The number of aromatic nitrogens is 2. The largest absolute Gasteiger partial charge is 0.338 e. The fraction of sp³-hybridized carbons (Fsp3) is 0.625. The molecule has 62 valence electrons. The molecule has 0 aromatic carbocycles. The third-order valence-corrected chi connectivity index (χ3v) is 1.78. The van der Waals surface area contributed by atoms with Crippen LogP contribution in [-0.2, 0) is 13.5 Å². The second-order valence-corrected chi connectivity index (χ2v) is 2.70. The molecule has 0 bridgehead atoms. The van der Waals surface area contributed by atoms with Crippen molar-refractivity contribution in [2.24, 2.45) is 12.8 Å². The predicted molar refractivity (Wildman–Crippen MR) is 45.2 cm³/mol. The second kappa shape index (κ2) is 4.13. The van der Waals surface area contributed by atoms with E-state index in [9.17, 15) is 0 Å². The van der Waals surface area contributed by atoms with Crippen molar-refractivity contribution in [3.8, 4) is 0 Å². The monoisotopic (exact) mass is 153 g/mol. The van der Waals surface area contributed by atoms with E-state index in [2.05, 4.69) is 9.55 Å². The number of aryl methyl sites for hydroxylation is 2. The molecule has 0 spiro atoms. The van der Waals surface area contributed by atoms with E-state index in [0.29, 0.717) is 0 Å². The fourth-order valence-electron chi connectivity index (χ4n) is 1.06. The quantitative estimate of drug-likeness (QED) is 0.647. The van der Waals surface area contributed by atoms with E-state index in [1.807, 2.05) is 19.4 Å². The van der Waals surface area contributed by atoms with Gasteiger partial charge >= 0.3 is 0 Å². The van der Waals surface area contributed by atoms with E-state index in [0.717, 1.165) is 31.6 Å². The SMILES string of the molecule is Cn1ccnc1CCCCN. The molecule has 0 fully saturated rings. The smallest absolute Gasteiger partial charge is 0.108 e. The van der Waals surface area contributed by atoms with Gasteiger partial charge in [0.2, 0.25) is 0 Å². The molecule has 11 heavy (non-hydrogen) atoms. The van der Waals surface area contributed by atoms with E-state index in [1.54, 1.807) is 0 Å². The fourth-order valence-corrected chi connectivity index (χ4v) is 1.06. The maximum Gasteiger partial charge on any atom is 0.108 e. The highest BCUT2D eigenvalue weighted by atomic mass is 15.0. The van der Waals surface area contributed by atoms with Crippen molar-refractivity contribution in [3.05, 3.63) is 18.2 Å². The first kappa shape index (κ1) is 8.27. The lowest BCUT2D eigenvalue weighted by molar-refractivity contribution is 0.688. The van der Waals surface area contributed by atoms with E-state index in [4.69, 9.17) is 5.73 Å². The van der Waals surface area contributed by atoms with Crippen molar-refractivity contribution in [1.29, 1.82) is 0 Å². The van der Waals surface area contributed by atoms with Gasteiger partial charge in [0.05, 0.1) is 0 Å². The summed E-state index contributed by atoms with van der Waals surface area (Å²) >= 11 is 0. The number of nitrogens with two attached hydrogens (primary N) is 1. The molecule has 3 heteroatoms. The summed E-state index contributed by atoms with van der Waals surface area (Å²) in [4.78, 5) is 4.21. The molecule has 0 radical (unpaired) electrons. The number of imidazole rings is 1. The van der Waals surface area contributed by atoms with Crippen molar-refractivity contribution >= 4 is 0 Å². The molecule has 0 amide bonds. The Morgan fingerprint density at radius 2 is 2.36 bits per heavy atom. The summed E-state index contributed by atoms with van der Waals surface area (Å²) in [5.74, 6) is 1.15. The van der Waals surface area contributed by atoms with Crippen LogP contribution in [0, 0.1) is 0 Å². The number of hydrogen-bond acceptors (Lipinski definition) is 2. The van der Waals surface area contributed by atoms with Gasteiger partial charge in [0.1, 0.15) is 5.82 Å². The van der Waals surface area contributed by atoms with Gasteiger partial charge in [-0.25, -0.2) is 4.98 Å². The summed E-state index contributed by atoms with van der Waals surface area (Å²) < 4.78 is 2.05. The topological polar surface area (TPSA) is 43.8 Å². The first-order valence-corrected chi connectivity index (χ1v) is 4.01. The van der Waals surface area contributed by atoms with Crippen LogP contribution in [0.25, 0.3) is 0 Å². The highest BCUT2D eigenvalue weighted by Gasteiger charge is 1.96. The van der Waals surface area contributed by atoms with Gasteiger partial charge in [0.25, 0.3) is 0 Å². The Bertz CT molecular complexity index is 205. The van der Waals surface area contributed by atoms with Crippen LogP contribution in [0.4, 0.5) is 0 Å². The van der Waals surface area contributed by atoms with Gasteiger partial charge in [0.15, 0.2) is 0 Å². The molecule has 0 aliphatic carbocycles. The Kier molecular flexibility index (Phi) is 3.11. The maximum atomic E-state index is 5.38. The zero-order valence-corrected chi connectivity index (χ0v) is 6.95. The van der Waals surface area contributed by atoms with Crippen molar-refractivity contribution in [2.75, 3.05) is 6.54 Å². The molecular formula is C8H15N3. The summed E-state index contributed by atoms with van der Waals surface area (Å²) in [6.45, 7) is 0.782. The molecule has 0 aliphatic heterocycles. The van der Waals surface area contributed by atoms with Crippen LogP contribution in [-0.4, -0.2) is 16.1 Å². The minimum absolute atomic E-state index is 0.782. The number of nitrogens with zero attached hydrogens (tertiary/aromatic N) is 2. The summed E-state index contributed by atoms with van der Waals surface area (Å²) in [5.41, 5.74) is 5.38. The first-order valence-electron chi connectivity index (χ1n) is 4.01. The Morgan fingerprint density at radius 1 is 1.55 bits per heavy atom. The van der Waals surface area contributed by atoms with Gasteiger partial charge in [0, 0.05) is 25.9 Å². The second-order valence-electron chi connectivity index (χ2n) is 2.70. The number of hydrogen-bond donors (Lipinski definition) is 1. The van der Waals surface area contributed by atoms with Gasteiger partial charge < -0.3 is 10.3 Å². The minimum atomic E-state index is 0.782. The third-order valence-electron chi connectivity index (χ3n) is 1.78. The Morgan fingerprint density at radius 3 is 2.91 bits per heavy atom. The van der Waals surface area contributed by atoms with Crippen LogP contribution in [0.15, 0.2) is 12.4 Å². The Hall–Kier alpha value is -0.830. The normalized spacial score (nSPS) is 10.4. The standard InChI is InChI=1S/C8H15N3/c1-11-7-6-10-8(11)4-2-3-5-9/h6-7H,2-5,9H2,1H3. The van der Waals surface area contributed by atoms with Crippen LogP contribution in [0.5, 0.6) is 0 Å². The zero-order valence-electron chi connectivity index (χ0n) is 6.95. The van der Waals surface area contributed by atoms with E-state index in [-0.39, 0.29) is 0 Å². The number of rotatable bonds is 4. The molecule has 1 aromatic heterocycles. The van der Waals surface area contributed by atoms with Crippen LogP contribution < -0.4 is 5.73 Å². The first-order chi connectivity index (χ1) is 5.34. The van der Waals surface area contributed by atoms with Crippen LogP contribution in [0.1, 0.15) is 18.7 Å². The lowest BCUT2D eigenvalue weighted by Crippen LogP contribution is -2.01.